The molecular formula is C12H20O3. The van der Waals surface area contributed by atoms with Crippen molar-refractivity contribution in [1.82, 2.24) is 0 Å². The Balaban J connectivity index is 2.15. The van der Waals surface area contributed by atoms with Crippen LogP contribution in [0.4, 0.5) is 0 Å². The van der Waals surface area contributed by atoms with Gasteiger partial charge in [0, 0.05) is 6.92 Å². The number of hydrogen-bond acceptors (Lipinski definition) is 3. The molecule has 0 aromatic heterocycles. The highest BCUT2D eigenvalue weighted by molar-refractivity contribution is 5.66. The highest BCUT2D eigenvalue weighted by atomic mass is 16.5. The Labute approximate surface area is 90.8 Å². The van der Waals surface area contributed by atoms with Crippen molar-refractivity contribution in [1.29, 1.82) is 0 Å². The third-order valence-corrected chi connectivity index (χ3v) is 4.74. The van der Waals surface area contributed by atoms with Gasteiger partial charge in [-0.05, 0) is 36.5 Å². The molecule has 2 aliphatic rings. The maximum absolute atomic E-state index is 10.8. The molecule has 2 bridgehead atoms. The molecule has 3 nitrogen and oxygen atoms in total. The van der Waals surface area contributed by atoms with Gasteiger partial charge in [-0.2, -0.15) is 0 Å². The zero-order valence-corrected chi connectivity index (χ0v) is 9.75. The topological polar surface area (TPSA) is 46.5 Å². The first-order chi connectivity index (χ1) is 6.88. The molecule has 2 saturated carbocycles. The van der Waals surface area contributed by atoms with Gasteiger partial charge in [-0.15, -0.1) is 0 Å². The van der Waals surface area contributed by atoms with Crippen LogP contribution in [0.3, 0.4) is 0 Å². The van der Waals surface area contributed by atoms with Crippen LogP contribution in [-0.4, -0.2) is 23.3 Å². The molecule has 3 heteroatoms. The zero-order chi connectivity index (χ0) is 11.3. The molecule has 2 rings (SSSR count). The van der Waals surface area contributed by atoms with Gasteiger partial charge < -0.3 is 9.84 Å². The Morgan fingerprint density at radius 1 is 1.40 bits per heavy atom. The maximum atomic E-state index is 10.8. The van der Waals surface area contributed by atoms with Crippen LogP contribution >= 0.6 is 0 Å². The van der Waals surface area contributed by atoms with Crippen molar-refractivity contribution in [2.45, 2.75) is 45.6 Å². The molecule has 0 aliphatic heterocycles. The lowest BCUT2D eigenvalue weighted by Gasteiger charge is -2.45. The molecule has 0 saturated heterocycles. The van der Waals surface area contributed by atoms with E-state index in [-0.39, 0.29) is 18.0 Å². The highest BCUT2D eigenvalue weighted by Crippen LogP contribution is 2.61. The van der Waals surface area contributed by atoms with Crippen molar-refractivity contribution in [2.75, 3.05) is 6.61 Å². The Kier molecular flexibility index (Phi) is 2.34. The van der Waals surface area contributed by atoms with Crippen molar-refractivity contribution in [3.05, 3.63) is 0 Å². The van der Waals surface area contributed by atoms with Gasteiger partial charge in [-0.3, -0.25) is 4.79 Å². The average molecular weight is 212 g/mol. The second kappa shape index (κ2) is 3.21. The maximum Gasteiger partial charge on any atom is 0.302 e. The molecule has 0 spiro atoms. The minimum absolute atomic E-state index is 0.120. The van der Waals surface area contributed by atoms with Crippen LogP contribution in [0.25, 0.3) is 0 Å². The zero-order valence-electron chi connectivity index (χ0n) is 9.75. The van der Waals surface area contributed by atoms with Crippen LogP contribution in [0.5, 0.6) is 0 Å². The summed E-state index contributed by atoms with van der Waals surface area (Å²) in [6, 6.07) is 0. The van der Waals surface area contributed by atoms with E-state index in [1.807, 2.05) is 0 Å². The molecule has 1 N–H and O–H groups in total. The normalized spacial score (nSPS) is 41.9. The van der Waals surface area contributed by atoms with Gasteiger partial charge >= 0.3 is 5.97 Å². The largest absolute Gasteiger partial charge is 0.463 e. The molecular weight excluding hydrogens is 192 g/mol. The van der Waals surface area contributed by atoms with E-state index in [2.05, 4.69) is 13.8 Å². The van der Waals surface area contributed by atoms with Crippen LogP contribution in [0, 0.1) is 17.3 Å². The van der Waals surface area contributed by atoms with Crippen LogP contribution in [0.2, 0.25) is 0 Å². The van der Waals surface area contributed by atoms with E-state index in [1.165, 1.54) is 13.3 Å². The molecule has 0 aromatic rings. The number of esters is 1. The molecule has 0 heterocycles. The van der Waals surface area contributed by atoms with Gasteiger partial charge in [0.05, 0.1) is 0 Å². The lowest BCUT2D eigenvalue weighted by atomic mass is 9.66. The molecule has 15 heavy (non-hydrogen) atoms. The molecule has 2 aliphatic carbocycles. The van der Waals surface area contributed by atoms with Gasteiger partial charge in [0.25, 0.3) is 0 Å². The van der Waals surface area contributed by atoms with Crippen LogP contribution in [-0.2, 0) is 9.53 Å². The van der Waals surface area contributed by atoms with Crippen LogP contribution in [0.1, 0.15) is 40.0 Å². The average Bonchev–Trinajstić information content (AvgIpc) is 2.67. The predicted molar refractivity (Wildman–Crippen MR) is 56.2 cm³/mol. The summed E-state index contributed by atoms with van der Waals surface area (Å²) in [5.74, 6) is 0.599. The number of carbonyl (C=O) groups excluding carboxylic acids is 1. The number of rotatable bonds is 2. The van der Waals surface area contributed by atoms with Crippen molar-refractivity contribution in [3.8, 4) is 0 Å². The predicted octanol–water partition coefficient (Wildman–Crippen LogP) is 1.74. The fourth-order valence-corrected chi connectivity index (χ4v) is 3.47. The SMILES string of the molecule is CC(=O)OCC1(O)[C@@H]2CC[C@@H](C2)C1(C)C. The van der Waals surface area contributed by atoms with E-state index < -0.39 is 5.60 Å². The fourth-order valence-electron chi connectivity index (χ4n) is 3.47. The lowest BCUT2D eigenvalue weighted by Crippen LogP contribution is -2.53. The lowest BCUT2D eigenvalue weighted by molar-refractivity contribution is -0.169. The van der Waals surface area contributed by atoms with E-state index in [1.54, 1.807) is 0 Å². The van der Waals surface area contributed by atoms with E-state index in [0.29, 0.717) is 11.8 Å². The highest BCUT2D eigenvalue weighted by Gasteiger charge is 2.62. The summed E-state index contributed by atoms with van der Waals surface area (Å²) in [6.07, 6.45) is 3.37. The molecule has 86 valence electrons. The molecule has 3 atom stereocenters. The van der Waals surface area contributed by atoms with Gasteiger partial charge in [0.2, 0.25) is 0 Å². The van der Waals surface area contributed by atoms with Gasteiger partial charge in [-0.25, -0.2) is 0 Å². The third kappa shape index (κ3) is 1.40. The number of aliphatic hydroxyl groups is 1. The molecule has 0 radical (unpaired) electrons. The van der Waals surface area contributed by atoms with E-state index in [9.17, 15) is 9.90 Å². The first-order valence-corrected chi connectivity index (χ1v) is 5.73. The first-order valence-electron chi connectivity index (χ1n) is 5.73. The number of ether oxygens (including phenoxy) is 1. The van der Waals surface area contributed by atoms with Crippen LogP contribution < -0.4 is 0 Å². The monoisotopic (exact) mass is 212 g/mol. The Morgan fingerprint density at radius 3 is 2.47 bits per heavy atom. The van der Waals surface area contributed by atoms with Crippen LogP contribution in [0.15, 0.2) is 0 Å². The summed E-state index contributed by atoms with van der Waals surface area (Å²) >= 11 is 0. The third-order valence-electron chi connectivity index (χ3n) is 4.74. The number of hydrogen-bond donors (Lipinski definition) is 1. The molecule has 0 aromatic carbocycles. The Bertz CT molecular complexity index is 285. The summed E-state index contributed by atoms with van der Waals surface area (Å²) in [4.78, 5) is 10.8. The van der Waals surface area contributed by atoms with E-state index >= 15 is 0 Å². The minimum Gasteiger partial charge on any atom is -0.463 e. The standard InChI is InChI=1S/C12H20O3/c1-8(13)15-7-12(14)10-5-4-9(6-10)11(12,2)3/h9-10,14H,4-7H2,1-3H3/t9-,10+,12?/m0/s1. The number of carbonyl (C=O) groups is 1. The van der Waals surface area contributed by atoms with Gasteiger partial charge in [0.15, 0.2) is 0 Å². The fraction of sp³-hybridized carbons (Fsp3) is 0.917. The summed E-state index contributed by atoms with van der Waals surface area (Å²) < 4.78 is 5.03. The van der Waals surface area contributed by atoms with E-state index in [0.717, 1.165) is 12.8 Å². The molecule has 0 amide bonds. The minimum atomic E-state index is -0.804. The number of fused-ring (bicyclic) bond motifs is 2. The first kappa shape index (κ1) is 10.9. The molecule has 2 fully saturated rings. The van der Waals surface area contributed by atoms with Crippen molar-refractivity contribution >= 4 is 5.97 Å². The Morgan fingerprint density at radius 2 is 2.00 bits per heavy atom. The second-order valence-electron chi connectivity index (χ2n) is 5.63. The van der Waals surface area contributed by atoms with Gasteiger partial charge in [-0.1, -0.05) is 13.8 Å². The quantitative estimate of drug-likeness (QED) is 0.709. The summed E-state index contributed by atoms with van der Waals surface area (Å²) in [5, 5.41) is 10.7. The van der Waals surface area contributed by atoms with Crippen molar-refractivity contribution in [3.63, 3.8) is 0 Å². The summed E-state index contributed by atoms with van der Waals surface area (Å²) in [5.41, 5.74) is -0.924. The smallest absolute Gasteiger partial charge is 0.302 e. The Hall–Kier alpha value is -0.570. The van der Waals surface area contributed by atoms with Crippen molar-refractivity contribution < 1.29 is 14.6 Å². The summed E-state index contributed by atoms with van der Waals surface area (Å²) in [7, 11) is 0. The summed E-state index contributed by atoms with van der Waals surface area (Å²) in [6.45, 7) is 5.75. The van der Waals surface area contributed by atoms with Gasteiger partial charge in [0.1, 0.15) is 12.2 Å². The van der Waals surface area contributed by atoms with E-state index in [4.69, 9.17) is 4.74 Å². The van der Waals surface area contributed by atoms with Crippen molar-refractivity contribution in [2.24, 2.45) is 17.3 Å². The molecule has 1 unspecified atom stereocenters. The second-order valence-corrected chi connectivity index (χ2v) is 5.63.